The molecule has 0 heterocycles. The van der Waals surface area contributed by atoms with Gasteiger partial charge in [-0.2, -0.15) is 7.82 Å². The van der Waals surface area contributed by atoms with Crippen LogP contribution in [0.4, 0.5) is 0 Å². The number of allylic oxidation sites excluding steroid dienone is 1. The van der Waals surface area contributed by atoms with Gasteiger partial charge >= 0.3 is 5.97 Å². The average Bonchev–Trinajstić information content (AvgIpc) is 2.10. The van der Waals surface area contributed by atoms with E-state index in [-0.39, 0.29) is 11.3 Å². The zero-order valence-electron chi connectivity index (χ0n) is 8.97. The Morgan fingerprint density at radius 1 is 1.31 bits per heavy atom. The molecule has 0 rings (SSSR count). The summed E-state index contributed by atoms with van der Waals surface area (Å²) in [6, 6.07) is 0. The molecule has 0 aromatic carbocycles. The van der Waals surface area contributed by atoms with Gasteiger partial charge in [0.25, 0.3) is 0 Å². The fourth-order valence-corrected chi connectivity index (χ4v) is 0.644. The summed E-state index contributed by atoms with van der Waals surface area (Å²) < 4.78 is 8.55. The lowest BCUT2D eigenvalue weighted by Crippen LogP contribution is -2.24. The molecule has 7 nitrogen and oxygen atoms in total. The number of unbranched alkanes of at least 4 members (excludes halogenated alkanes) is 1. The smallest absolute Gasteiger partial charge is 0.330 e. The molecule has 0 radical (unpaired) electrons. The number of hydrogen-bond donors (Lipinski definition) is 1. The van der Waals surface area contributed by atoms with E-state index in [1.165, 1.54) is 6.92 Å². The normalized spacial score (nSPS) is 12.3. The number of phosphoric acid groups is 1. The van der Waals surface area contributed by atoms with Crippen LogP contribution in [0.3, 0.4) is 0 Å². The van der Waals surface area contributed by atoms with Crippen molar-refractivity contribution in [2.45, 2.75) is 33.1 Å². The highest BCUT2D eigenvalue weighted by Gasteiger charge is 1.99. The number of hydrogen-bond acceptors (Lipinski definition) is 6. The zero-order valence-corrected chi connectivity index (χ0v) is 9.86. The van der Waals surface area contributed by atoms with Gasteiger partial charge in [-0.15, -0.1) is 5.76 Å². The van der Waals surface area contributed by atoms with E-state index < -0.39 is 13.8 Å². The lowest BCUT2D eigenvalue weighted by Gasteiger charge is -2.36. The molecule has 0 aliphatic rings. The summed E-state index contributed by atoms with van der Waals surface area (Å²) in [7, 11) is -5.39. The second-order valence-corrected chi connectivity index (χ2v) is 3.80. The molecule has 0 saturated heterocycles. The van der Waals surface area contributed by atoms with Gasteiger partial charge in [-0.3, -0.25) is 0 Å². The summed E-state index contributed by atoms with van der Waals surface area (Å²) in [4.78, 5) is 35.9. The second kappa shape index (κ2) is 8.29. The van der Waals surface area contributed by atoms with Gasteiger partial charge in [0.05, 0.1) is 0 Å². The Bertz CT molecular complexity index is 282. The monoisotopic (exact) mass is 252 g/mol. The number of aliphatic carboxylic acids is 1. The quantitative estimate of drug-likeness (QED) is 0.348. The largest absolute Gasteiger partial charge is 0.875 e. The molecule has 0 amide bonds. The first kappa shape index (κ1) is 17.5. The van der Waals surface area contributed by atoms with E-state index in [0.717, 1.165) is 12.8 Å². The lowest BCUT2D eigenvalue weighted by atomic mass is 10.1. The molecule has 96 valence electrons. The minimum atomic E-state index is -5.39. The minimum Gasteiger partial charge on any atom is -0.875 e. The SMILES string of the molecule is CCCC/C([O-])=C(\C)C(=O)O.O=P([O-])([O-])[O-]. The van der Waals surface area contributed by atoms with Crippen molar-refractivity contribution in [2.75, 3.05) is 0 Å². The first-order valence-electron chi connectivity index (χ1n) is 4.42. The standard InChI is InChI=1S/C8H14O3.H3O4P/c1-3-4-5-7(9)6(2)8(10)11;1-5(2,3)4/h9H,3-5H2,1-2H3,(H,10,11);(H3,1,2,3,4)/p-4/b7-6-;. The first-order chi connectivity index (χ1) is 7.09. The summed E-state index contributed by atoms with van der Waals surface area (Å²) in [6.45, 7) is 3.31. The van der Waals surface area contributed by atoms with Crippen LogP contribution in [0, 0.1) is 0 Å². The zero-order chi connectivity index (χ0) is 13.4. The summed E-state index contributed by atoms with van der Waals surface area (Å²) in [5.74, 6) is -1.36. The molecule has 0 spiro atoms. The maximum atomic E-state index is 10.9. The fourth-order valence-electron chi connectivity index (χ4n) is 0.644. The lowest BCUT2D eigenvalue weighted by molar-refractivity contribution is -0.432. The van der Waals surface area contributed by atoms with Gasteiger partial charge in [0.2, 0.25) is 0 Å². The van der Waals surface area contributed by atoms with Crippen molar-refractivity contribution < 1.29 is 34.3 Å². The number of carboxylic acid groups (broad SMARTS) is 1. The maximum absolute atomic E-state index is 10.9. The van der Waals surface area contributed by atoms with E-state index in [4.69, 9.17) is 24.4 Å². The topological polar surface area (TPSA) is 147 Å². The highest BCUT2D eigenvalue weighted by atomic mass is 31.2. The van der Waals surface area contributed by atoms with E-state index in [2.05, 4.69) is 0 Å². The highest BCUT2D eigenvalue weighted by molar-refractivity contribution is 7.40. The van der Waals surface area contributed by atoms with Crippen molar-refractivity contribution in [1.82, 2.24) is 0 Å². The fraction of sp³-hybridized carbons (Fsp3) is 0.625. The Balaban J connectivity index is 0. The van der Waals surface area contributed by atoms with Crippen LogP contribution < -0.4 is 19.8 Å². The molecular formula is C8H13O7P-4. The number of carboxylic acids is 1. The highest BCUT2D eigenvalue weighted by Crippen LogP contribution is 2.06. The molecule has 0 aromatic rings. The van der Waals surface area contributed by atoms with Crippen molar-refractivity contribution in [3.63, 3.8) is 0 Å². The van der Waals surface area contributed by atoms with Gasteiger partial charge in [0.1, 0.15) is 0 Å². The maximum Gasteiger partial charge on any atom is 0.330 e. The van der Waals surface area contributed by atoms with Gasteiger partial charge in [-0.05, 0) is 13.3 Å². The van der Waals surface area contributed by atoms with Crippen molar-refractivity contribution >= 4 is 13.8 Å². The Hall–Kier alpha value is -0.880. The Labute approximate surface area is 93.3 Å². The van der Waals surface area contributed by atoms with E-state index in [1.807, 2.05) is 6.92 Å². The van der Waals surface area contributed by atoms with Gasteiger partial charge in [-0.1, -0.05) is 19.8 Å². The molecule has 16 heavy (non-hydrogen) atoms. The van der Waals surface area contributed by atoms with Crippen molar-refractivity contribution in [3.8, 4) is 0 Å². The second-order valence-electron chi connectivity index (χ2n) is 2.90. The molecule has 0 aromatic heterocycles. The van der Waals surface area contributed by atoms with E-state index in [0.29, 0.717) is 6.42 Å². The molecule has 0 unspecified atom stereocenters. The summed E-state index contributed by atoms with van der Waals surface area (Å²) in [5.41, 5.74) is -0.0570. The Morgan fingerprint density at radius 3 is 1.94 bits per heavy atom. The molecule has 0 bridgehead atoms. The van der Waals surface area contributed by atoms with E-state index in [1.54, 1.807) is 0 Å². The third kappa shape index (κ3) is 15.6. The Kier molecular flexibility index (Phi) is 9.08. The molecule has 8 heteroatoms. The average molecular weight is 252 g/mol. The van der Waals surface area contributed by atoms with Crippen LogP contribution in [0.25, 0.3) is 0 Å². The van der Waals surface area contributed by atoms with E-state index >= 15 is 0 Å². The van der Waals surface area contributed by atoms with Crippen LogP contribution in [0.5, 0.6) is 0 Å². The minimum absolute atomic E-state index is 0.0570. The Morgan fingerprint density at radius 2 is 1.69 bits per heavy atom. The van der Waals surface area contributed by atoms with Crippen LogP contribution in [-0.4, -0.2) is 11.1 Å². The van der Waals surface area contributed by atoms with Gasteiger partial charge in [0.15, 0.2) is 0 Å². The van der Waals surface area contributed by atoms with Crippen LogP contribution in [-0.2, 0) is 9.36 Å². The van der Waals surface area contributed by atoms with Gasteiger partial charge in [0, 0.05) is 5.57 Å². The molecule has 0 atom stereocenters. The molecule has 0 aliphatic carbocycles. The van der Waals surface area contributed by atoms with Crippen LogP contribution >= 0.6 is 7.82 Å². The van der Waals surface area contributed by atoms with Crippen LogP contribution in [0.2, 0.25) is 0 Å². The van der Waals surface area contributed by atoms with E-state index in [9.17, 15) is 9.90 Å². The van der Waals surface area contributed by atoms with Crippen LogP contribution in [0.15, 0.2) is 11.3 Å². The number of carbonyl (C=O) groups is 1. The van der Waals surface area contributed by atoms with Crippen molar-refractivity contribution in [2.24, 2.45) is 0 Å². The van der Waals surface area contributed by atoms with Crippen molar-refractivity contribution in [3.05, 3.63) is 11.3 Å². The summed E-state index contributed by atoms with van der Waals surface area (Å²) >= 11 is 0. The predicted molar refractivity (Wildman–Crippen MR) is 47.5 cm³/mol. The van der Waals surface area contributed by atoms with Crippen molar-refractivity contribution in [1.29, 1.82) is 0 Å². The third-order valence-corrected chi connectivity index (χ3v) is 1.50. The molecule has 0 saturated carbocycles. The summed E-state index contributed by atoms with van der Waals surface area (Å²) in [6.07, 6.45) is 2.04. The molecular weight excluding hydrogens is 239 g/mol. The first-order valence-corrected chi connectivity index (χ1v) is 5.88. The summed E-state index contributed by atoms with van der Waals surface area (Å²) in [5, 5.41) is 19.3. The number of rotatable bonds is 4. The molecule has 1 N–H and O–H groups in total. The van der Waals surface area contributed by atoms with Gasteiger partial charge < -0.3 is 29.5 Å². The third-order valence-electron chi connectivity index (χ3n) is 1.50. The van der Waals surface area contributed by atoms with Gasteiger partial charge in [-0.25, -0.2) is 4.79 Å². The molecule has 0 fully saturated rings. The molecule has 0 aliphatic heterocycles. The predicted octanol–water partition coefficient (Wildman–Crippen LogP) is -1.93. The van der Waals surface area contributed by atoms with Crippen LogP contribution in [0.1, 0.15) is 33.1 Å².